The lowest BCUT2D eigenvalue weighted by molar-refractivity contribution is 0.443. The summed E-state index contributed by atoms with van der Waals surface area (Å²) in [7, 11) is 0. The second-order valence-electron chi connectivity index (χ2n) is 4.70. The summed E-state index contributed by atoms with van der Waals surface area (Å²) in [6.45, 7) is 0.842. The highest BCUT2D eigenvalue weighted by atomic mass is 35.5. The van der Waals surface area contributed by atoms with E-state index in [9.17, 15) is 5.11 Å². The minimum atomic E-state index is 0.334. The van der Waals surface area contributed by atoms with Gasteiger partial charge in [0.05, 0.1) is 16.4 Å². The highest BCUT2D eigenvalue weighted by Crippen LogP contribution is 2.30. The molecule has 4 rings (SSSR count). The smallest absolute Gasteiger partial charge is 0.201 e. The van der Waals surface area contributed by atoms with Crippen LogP contribution in [0.15, 0.2) is 29.3 Å². The molecule has 1 aliphatic heterocycles. The van der Waals surface area contributed by atoms with Crippen LogP contribution in [-0.2, 0) is 6.42 Å². The second-order valence-corrected chi connectivity index (χ2v) is 5.14. The Labute approximate surface area is 108 Å². The van der Waals surface area contributed by atoms with Crippen LogP contribution in [0.25, 0.3) is 16.4 Å². The molecule has 3 nitrogen and oxygen atoms in total. The predicted octanol–water partition coefficient (Wildman–Crippen LogP) is 2.74. The number of rotatable bonds is 0. The van der Waals surface area contributed by atoms with Gasteiger partial charge in [0.2, 0.25) is 5.88 Å². The Bertz CT molecular complexity index is 835. The third-order valence-electron chi connectivity index (χ3n) is 3.63. The maximum absolute atomic E-state index is 10.4. The topological polar surface area (TPSA) is 37.0 Å². The van der Waals surface area contributed by atoms with E-state index in [0.717, 1.165) is 46.7 Å². The quantitative estimate of drug-likeness (QED) is 0.661. The van der Waals surface area contributed by atoms with E-state index < -0.39 is 0 Å². The van der Waals surface area contributed by atoms with Crippen LogP contribution < -0.4 is 5.36 Å². The van der Waals surface area contributed by atoms with E-state index in [1.54, 1.807) is 0 Å². The number of nitrogens with zero attached hydrogens (tertiary/aromatic N) is 2. The van der Waals surface area contributed by atoms with Crippen LogP contribution in [0.2, 0.25) is 5.02 Å². The molecule has 2 aromatic heterocycles. The third-order valence-corrected chi connectivity index (χ3v) is 3.86. The van der Waals surface area contributed by atoms with Crippen LogP contribution >= 0.6 is 11.6 Å². The van der Waals surface area contributed by atoms with Gasteiger partial charge in [0.1, 0.15) is 0 Å². The SMILES string of the molecule is Oc1c2c(c3cc4cc(Cl)ccc4n13)=NCCC2. The number of halogens is 1. The molecule has 0 unspecified atom stereocenters. The lowest BCUT2D eigenvalue weighted by Gasteiger charge is -2.03. The Morgan fingerprint density at radius 2 is 2.11 bits per heavy atom. The largest absolute Gasteiger partial charge is 0.494 e. The summed E-state index contributed by atoms with van der Waals surface area (Å²) in [6.07, 6.45) is 1.92. The summed E-state index contributed by atoms with van der Waals surface area (Å²) in [5.41, 5.74) is 2.95. The zero-order chi connectivity index (χ0) is 12.3. The van der Waals surface area contributed by atoms with Crippen molar-refractivity contribution in [1.82, 2.24) is 4.40 Å². The van der Waals surface area contributed by atoms with Gasteiger partial charge in [0.25, 0.3) is 0 Å². The Balaban J connectivity index is 2.26. The molecule has 3 heterocycles. The first-order valence-corrected chi connectivity index (χ1v) is 6.42. The first kappa shape index (κ1) is 10.2. The molecular weight excluding hydrogens is 248 g/mol. The Hall–Kier alpha value is -1.74. The van der Waals surface area contributed by atoms with Gasteiger partial charge in [-0.2, -0.15) is 0 Å². The second kappa shape index (κ2) is 3.39. The molecule has 0 spiro atoms. The molecule has 18 heavy (non-hydrogen) atoms. The molecule has 0 aliphatic carbocycles. The minimum absolute atomic E-state index is 0.334. The Morgan fingerprint density at radius 3 is 3.00 bits per heavy atom. The van der Waals surface area contributed by atoms with Gasteiger partial charge >= 0.3 is 0 Å². The molecule has 0 radical (unpaired) electrons. The molecule has 0 fully saturated rings. The van der Waals surface area contributed by atoms with Crippen LogP contribution in [0, 0.1) is 0 Å². The van der Waals surface area contributed by atoms with Crippen molar-refractivity contribution in [2.24, 2.45) is 4.99 Å². The van der Waals surface area contributed by atoms with Gasteiger partial charge in [-0.1, -0.05) is 11.6 Å². The van der Waals surface area contributed by atoms with E-state index in [0.29, 0.717) is 10.9 Å². The van der Waals surface area contributed by atoms with Gasteiger partial charge in [-0.15, -0.1) is 0 Å². The molecule has 1 aliphatic rings. The van der Waals surface area contributed by atoms with Crippen molar-refractivity contribution in [2.45, 2.75) is 12.8 Å². The predicted molar refractivity (Wildman–Crippen MR) is 71.5 cm³/mol. The Morgan fingerprint density at radius 1 is 1.22 bits per heavy atom. The molecule has 0 atom stereocenters. The highest BCUT2D eigenvalue weighted by molar-refractivity contribution is 6.31. The molecule has 0 amide bonds. The number of benzene rings is 1. The van der Waals surface area contributed by atoms with E-state index >= 15 is 0 Å². The average Bonchev–Trinajstić information content (AvgIpc) is 2.87. The number of hydrogen-bond acceptors (Lipinski definition) is 2. The summed E-state index contributed by atoms with van der Waals surface area (Å²) in [5.74, 6) is 0.334. The summed E-state index contributed by atoms with van der Waals surface area (Å²) >= 11 is 6.00. The average molecular weight is 259 g/mol. The van der Waals surface area contributed by atoms with Crippen molar-refractivity contribution >= 4 is 28.0 Å². The summed E-state index contributed by atoms with van der Waals surface area (Å²) in [4.78, 5) is 4.55. The first-order chi connectivity index (χ1) is 8.75. The van der Waals surface area contributed by atoms with Crippen molar-refractivity contribution in [3.8, 4) is 5.88 Å². The number of hydrogen-bond donors (Lipinski definition) is 1. The lowest BCUT2D eigenvalue weighted by atomic mass is 10.1. The zero-order valence-corrected chi connectivity index (χ0v) is 10.4. The maximum Gasteiger partial charge on any atom is 0.201 e. The molecule has 90 valence electrons. The minimum Gasteiger partial charge on any atom is -0.494 e. The molecule has 0 bridgehead atoms. The maximum atomic E-state index is 10.4. The fourth-order valence-corrected chi connectivity index (χ4v) is 3.02. The van der Waals surface area contributed by atoms with Gasteiger partial charge in [0, 0.05) is 22.5 Å². The van der Waals surface area contributed by atoms with E-state index in [2.05, 4.69) is 11.1 Å². The fourth-order valence-electron chi connectivity index (χ4n) is 2.84. The van der Waals surface area contributed by atoms with Crippen molar-refractivity contribution in [1.29, 1.82) is 0 Å². The van der Waals surface area contributed by atoms with Gasteiger partial charge < -0.3 is 5.11 Å². The molecule has 1 aromatic carbocycles. The van der Waals surface area contributed by atoms with E-state index in [4.69, 9.17) is 11.6 Å². The van der Waals surface area contributed by atoms with Crippen LogP contribution in [0.4, 0.5) is 0 Å². The van der Waals surface area contributed by atoms with Gasteiger partial charge in [-0.05, 0) is 37.1 Å². The fraction of sp³-hybridized carbons (Fsp3) is 0.214. The van der Waals surface area contributed by atoms with Crippen LogP contribution in [-0.4, -0.2) is 16.1 Å². The zero-order valence-electron chi connectivity index (χ0n) is 9.65. The third kappa shape index (κ3) is 1.17. The van der Waals surface area contributed by atoms with Gasteiger partial charge in [-0.25, -0.2) is 0 Å². The van der Waals surface area contributed by atoms with Crippen molar-refractivity contribution in [3.05, 3.63) is 40.2 Å². The number of fused-ring (bicyclic) bond motifs is 5. The molecular formula is C14H11ClN2O. The Kier molecular flexibility index (Phi) is 1.92. The highest BCUT2D eigenvalue weighted by Gasteiger charge is 2.19. The molecule has 3 aromatic rings. The molecule has 0 saturated carbocycles. The summed E-state index contributed by atoms with van der Waals surface area (Å²) in [6, 6.07) is 7.75. The molecule has 4 heteroatoms. The monoisotopic (exact) mass is 258 g/mol. The van der Waals surface area contributed by atoms with E-state index in [-0.39, 0.29) is 0 Å². The number of aromatic nitrogens is 1. The summed E-state index contributed by atoms with van der Waals surface area (Å²) < 4.78 is 1.88. The molecule has 1 N–H and O–H groups in total. The first-order valence-electron chi connectivity index (χ1n) is 6.04. The molecule has 0 saturated heterocycles. The normalized spacial score (nSPS) is 14.9. The number of aromatic hydroxyl groups is 1. The summed E-state index contributed by atoms with van der Waals surface area (Å²) in [5, 5.41) is 13.1. The standard InChI is InChI=1S/C14H11ClN2O/c15-9-3-4-11-8(6-9)7-12-13-10(2-1-5-16-13)14(18)17(11)12/h3-4,6-7,18H,1-2,5H2. The van der Waals surface area contributed by atoms with Gasteiger partial charge in [0.15, 0.2) is 0 Å². The van der Waals surface area contributed by atoms with Crippen molar-refractivity contribution in [3.63, 3.8) is 0 Å². The van der Waals surface area contributed by atoms with Crippen LogP contribution in [0.5, 0.6) is 5.88 Å². The van der Waals surface area contributed by atoms with Crippen LogP contribution in [0.3, 0.4) is 0 Å². The van der Waals surface area contributed by atoms with Crippen LogP contribution in [0.1, 0.15) is 12.0 Å². The lowest BCUT2D eigenvalue weighted by Crippen LogP contribution is -2.12. The van der Waals surface area contributed by atoms with Crippen molar-refractivity contribution < 1.29 is 5.11 Å². The van der Waals surface area contributed by atoms with E-state index in [1.165, 1.54) is 0 Å². The van der Waals surface area contributed by atoms with Gasteiger partial charge in [-0.3, -0.25) is 9.39 Å². The van der Waals surface area contributed by atoms with Crippen molar-refractivity contribution in [2.75, 3.05) is 6.54 Å². The van der Waals surface area contributed by atoms with E-state index in [1.807, 2.05) is 22.6 Å².